The molecule has 2 N–H and O–H groups in total. The Morgan fingerprint density at radius 3 is 1.00 bits per heavy atom. The zero-order chi connectivity index (χ0) is 15.6. The van der Waals surface area contributed by atoms with Crippen LogP contribution in [0.25, 0.3) is 0 Å². The summed E-state index contributed by atoms with van der Waals surface area (Å²) in [7, 11) is 3.32. The van der Waals surface area contributed by atoms with Gasteiger partial charge in [-0.1, -0.05) is 52.3 Å². The third-order valence-electron chi connectivity index (χ3n) is 1.96. The van der Waals surface area contributed by atoms with E-state index in [1.165, 1.54) is 0 Å². The summed E-state index contributed by atoms with van der Waals surface area (Å²) < 4.78 is 9.83. The maximum atomic E-state index is 6.00. The molecule has 2 aromatic rings. The molecule has 25 heavy (non-hydrogen) atoms. The fraction of sp³-hybridized carbons (Fsp3) is 0.200. The Balaban J connectivity index is -0.0000000370. The van der Waals surface area contributed by atoms with Crippen LogP contribution >= 0.6 is 28.3 Å². The van der Waals surface area contributed by atoms with Gasteiger partial charge in [-0.2, -0.15) is 0 Å². The summed E-state index contributed by atoms with van der Waals surface area (Å²) in [5.74, 6) is 3.63. The number of methoxy groups -OCH3 is 2. The topological polar surface area (TPSA) is 58.9 Å². The van der Waals surface area contributed by atoms with E-state index in [1.807, 2.05) is 66.5 Å². The molecule has 0 amide bonds. The Kier molecular flexibility index (Phi) is 73.0. The molecule has 0 aromatic heterocycles. The van der Waals surface area contributed by atoms with Crippen molar-refractivity contribution in [1.82, 2.24) is 0 Å². The standard InChI is InChI=1S/2C7H8O.CH3Br.BrH.2ClH.2Na.H2O2/c2*1-8-7-5-3-2-4-6-7;1-2;;;;;;1-2/h2*2-6H,1H3;1H3;3*1H;;;1-2H/q;;;;;;2*+1;/p-2. The second kappa shape index (κ2) is 40.3. The molecule has 2 rings (SSSR count). The van der Waals surface area contributed by atoms with Crippen molar-refractivity contribution < 1.29 is 108 Å². The Hall–Kier alpha value is 1.50. The van der Waals surface area contributed by atoms with E-state index in [4.69, 9.17) is 20.0 Å². The first kappa shape index (κ1) is 45.3. The van der Waals surface area contributed by atoms with E-state index in [9.17, 15) is 0 Å². The van der Waals surface area contributed by atoms with Gasteiger partial charge in [-0.05, 0) is 30.1 Å². The second-order valence-electron chi connectivity index (χ2n) is 3.03. The largest absolute Gasteiger partial charge is 1.00 e. The van der Waals surface area contributed by atoms with Crippen LogP contribution in [0.2, 0.25) is 0 Å². The van der Waals surface area contributed by atoms with Gasteiger partial charge in [0.15, 0.2) is 0 Å². The Morgan fingerprint density at radius 1 is 0.680 bits per heavy atom. The maximum absolute atomic E-state index is 6.00. The van der Waals surface area contributed by atoms with E-state index in [1.54, 1.807) is 14.2 Å². The minimum Gasteiger partial charge on any atom is -1.00 e. The molecule has 136 valence electrons. The van der Waals surface area contributed by atoms with Crippen LogP contribution in [0.3, 0.4) is 0 Å². The number of benzene rings is 2. The summed E-state index contributed by atoms with van der Waals surface area (Å²) in [6, 6.07) is 19.4. The summed E-state index contributed by atoms with van der Waals surface area (Å²) in [5, 5.41) is 12.0. The smallest absolute Gasteiger partial charge is 1.00 e. The van der Waals surface area contributed by atoms with Crippen molar-refractivity contribution >= 4 is 28.3 Å². The molecular formula is C15H22Br2Cl2Na2O4. The van der Waals surface area contributed by atoms with E-state index in [0.29, 0.717) is 0 Å². The molecule has 10 heteroatoms. The summed E-state index contributed by atoms with van der Waals surface area (Å²) >= 11 is 2.94. The molecule has 0 unspecified atom stereocenters. The molecule has 0 spiro atoms. The first-order chi connectivity index (χ1) is 9.86. The van der Waals surface area contributed by atoms with Gasteiger partial charge in [0.2, 0.25) is 0 Å². The molecular weight excluding hydrogens is 521 g/mol. The fourth-order valence-electron chi connectivity index (χ4n) is 1.11. The van der Waals surface area contributed by atoms with Gasteiger partial charge in [-0.25, -0.2) is 0 Å². The predicted molar refractivity (Wildman–Crippen MR) is 93.3 cm³/mol. The number of ether oxygens (including phenoxy) is 2. The third-order valence-corrected chi connectivity index (χ3v) is 1.96. The number of para-hydroxylation sites is 2. The van der Waals surface area contributed by atoms with Gasteiger partial charge in [0.25, 0.3) is 0 Å². The van der Waals surface area contributed by atoms with E-state index in [2.05, 4.69) is 15.9 Å². The van der Waals surface area contributed by atoms with Crippen molar-refractivity contribution in [3.8, 4) is 11.5 Å². The van der Waals surface area contributed by atoms with E-state index in [0.717, 1.165) is 11.5 Å². The molecule has 0 heterocycles. The van der Waals surface area contributed by atoms with Crippen molar-refractivity contribution in [2.75, 3.05) is 20.1 Å². The molecule has 0 saturated carbocycles. The molecule has 2 aromatic carbocycles. The van der Waals surface area contributed by atoms with Crippen LogP contribution in [0, 0.1) is 0 Å². The number of rotatable bonds is 2. The molecule has 0 aliphatic rings. The Bertz CT molecular complexity index is 366. The molecule has 0 saturated heterocycles. The van der Waals surface area contributed by atoms with Gasteiger partial charge in [-0.15, -0.1) is 12.4 Å². The van der Waals surface area contributed by atoms with Crippen molar-refractivity contribution in [2.45, 2.75) is 0 Å². The van der Waals surface area contributed by atoms with Crippen molar-refractivity contribution in [2.24, 2.45) is 0 Å². The normalized spacial score (nSPS) is 6.00. The molecule has 0 bridgehead atoms. The second-order valence-corrected chi connectivity index (χ2v) is 3.03. The zero-order valence-corrected chi connectivity index (χ0v) is 23.8. The maximum Gasteiger partial charge on any atom is 1.00 e. The summed E-state index contributed by atoms with van der Waals surface area (Å²) in [6.07, 6.45) is 0. The van der Waals surface area contributed by atoms with Crippen molar-refractivity contribution in [1.29, 1.82) is 0 Å². The number of alkyl halides is 1. The van der Waals surface area contributed by atoms with Gasteiger partial charge in [-0.3, -0.25) is 10.5 Å². The number of hydrogen-bond acceptors (Lipinski definition) is 4. The summed E-state index contributed by atoms with van der Waals surface area (Å²) in [6.45, 7) is 0. The summed E-state index contributed by atoms with van der Waals surface area (Å²) in [4.78, 5) is 0. The van der Waals surface area contributed by atoms with Gasteiger partial charge in [0.05, 0.1) is 14.2 Å². The number of hydrogen-bond donors (Lipinski definition) is 2. The van der Waals surface area contributed by atoms with E-state index in [-0.39, 0.29) is 101 Å². The van der Waals surface area contributed by atoms with Crippen molar-refractivity contribution in [3.63, 3.8) is 0 Å². The average molecular weight is 543 g/mol. The van der Waals surface area contributed by atoms with Crippen LogP contribution in [0.1, 0.15) is 0 Å². The van der Waals surface area contributed by atoms with Crippen LogP contribution in [0.4, 0.5) is 0 Å². The SMILES string of the molecule is CBr.COc1ccccc1.COc1ccccc1.Cl.OO.[Br-].[Cl-].[Na+].[Na+]. The van der Waals surface area contributed by atoms with Gasteiger partial charge < -0.3 is 38.9 Å². The molecule has 0 atom stereocenters. The Labute approximate surface area is 226 Å². The van der Waals surface area contributed by atoms with Crippen LogP contribution < -0.4 is 98.0 Å². The van der Waals surface area contributed by atoms with Gasteiger partial charge >= 0.3 is 59.1 Å². The van der Waals surface area contributed by atoms with Crippen LogP contribution in [0.5, 0.6) is 11.5 Å². The van der Waals surface area contributed by atoms with Crippen LogP contribution in [-0.2, 0) is 0 Å². The monoisotopic (exact) mass is 540 g/mol. The van der Waals surface area contributed by atoms with Gasteiger partial charge in [0, 0.05) is 0 Å². The molecule has 0 aliphatic carbocycles. The van der Waals surface area contributed by atoms with Crippen molar-refractivity contribution in [3.05, 3.63) is 60.7 Å². The fourth-order valence-corrected chi connectivity index (χ4v) is 1.11. The molecule has 0 aliphatic heterocycles. The van der Waals surface area contributed by atoms with E-state index < -0.39 is 0 Å². The quantitative estimate of drug-likeness (QED) is 0.171. The summed E-state index contributed by atoms with van der Waals surface area (Å²) in [5.41, 5.74) is 0. The Morgan fingerprint density at radius 2 is 0.880 bits per heavy atom. The van der Waals surface area contributed by atoms with E-state index >= 15 is 0 Å². The predicted octanol–water partition coefficient (Wildman–Crippen LogP) is -7.14. The minimum absolute atomic E-state index is 0. The van der Waals surface area contributed by atoms with Gasteiger partial charge in [0.1, 0.15) is 11.5 Å². The molecule has 0 radical (unpaired) electrons. The average Bonchev–Trinajstić information content (AvgIpc) is 2.60. The first-order valence-corrected chi connectivity index (χ1v) is 7.21. The molecule has 0 fully saturated rings. The van der Waals surface area contributed by atoms with Crippen LogP contribution in [0.15, 0.2) is 60.7 Å². The number of halogens is 4. The first-order valence-electron chi connectivity index (χ1n) is 5.62. The third kappa shape index (κ3) is 30.5. The molecule has 4 nitrogen and oxygen atoms in total. The zero-order valence-electron chi connectivity index (χ0n) is 15.0. The van der Waals surface area contributed by atoms with Crippen LogP contribution in [-0.4, -0.2) is 30.6 Å². The minimum atomic E-state index is 0.